The highest BCUT2D eigenvalue weighted by Crippen LogP contribution is 2.58. The van der Waals surface area contributed by atoms with E-state index in [-0.39, 0.29) is 0 Å². The van der Waals surface area contributed by atoms with E-state index in [2.05, 4.69) is 191 Å². The molecule has 0 radical (unpaired) electrons. The number of benzene rings is 4. The Labute approximate surface area is 314 Å². The summed E-state index contributed by atoms with van der Waals surface area (Å²) in [4.78, 5) is 0. The van der Waals surface area contributed by atoms with Crippen molar-refractivity contribution < 1.29 is 4.74 Å². The average Bonchev–Trinajstić information content (AvgIpc) is 2.87. The molecule has 0 saturated carbocycles. The molecule has 13 heteroatoms. The minimum absolute atomic E-state index is 0.606. The van der Waals surface area contributed by atoms with E-state index in [0.29, 0.717) is 11.5 Å². The zero-order valence-corrected chi connectivity index (χ0v) is 36.4. The second kappa shape index (κ2) is 13.4. The predicted octanol–water partition coefficient (Wildman–Crippen LogP) is 16.0. The lowest BCUT2D eigenvalue weighted by atomic mass is 10.0. The molecule has 1 nitrogen and oxygen atoms in total. The van der Waals surface area contributed by atoms with E-state index in [0.717, 1.165) is 75.9 Å². The van der Waals surface area contributed by atoms with Gasteiger partial charge in [-0.2, -0.15) is 0 Å². The molecule has 0 unspecified atom stereocenters. The smallest absolute Gasteiger partial charge is 0.151 e. The van der Waals surface area contributed by atoms with Crippen molar-refractivity contribution in [2.75, 3.05) is 0 Å². The van der Waals surface area contributed by atoms with Gasteiger partial charge in [0.2, 0.25) is 0 Å². The summed E-state index contributed by atoms with van der Waals surface area (Å²) in [6, 6.07) is 12.0. The second-order valence-corrected chi connectivity index (χ2v) is 16.9. The van der Waals surface area contributed by atoms with Crippen LogP contribution in [0.15, 0.2) is 90.1 Å². The lowest BCUT2D eigenvalue weighted by molar-refractivity contribution is 0.478. The number of ether oxygens (including phenoxy) is 1. The van der Waals surface area contributed by atoms with Gasteiger partial charge < -0.3 is 4.74 Å². The van der Waals surface area contributed by atoms with Crippen molar-refractivity contribution in [3.8, 4) is 33.8 Å². The van der Waals surface area contributed by atoms with Crippen molar-refractivity contribution >= 4 is 191 Å². The first kappa shape index (κ1) is 32.4. The van der Waals surface area contributed by atoms with Crippen LogP contribution in [0.1, 0.15) is 0 Å². The van der Waals surface area contributed by atoms with E-state index in [1.54, 1.807) is 0 Å². The highest BCUT2D eigenvalue weighted by Gasteiger charge is 2.29. The molecule has 0 saturated heterocycles. The lowest BCUT2D eigenvalue weighted by Crippen LogP contribution is -1.99. The van der Waals surface area contributed by atoms with E-state index in [1.807, 2.05) is 36.4 Å². The molecule has 0 bridgehead atoms. The first-order chi connectivity index (χ1) is 17.4. The van der Waals surface area contributed by atoms with Crippen molar-refractivity contribution in [2.45, 2.75) is 0 Å². The first-order valence-corrected chi connectivity index (χ1v) is 19.2. The molecule has 4 aromatic carbocycles. The molecule has 0 aliphatic rings. The summed E-state index contributed by atoms with van der Waals surface area (Å²) < 4.78 is 17.0. The molecule has 0 aromatic heterocycles. The number of rotatable bonds is 4. The highest BCUT2D eigenvalue weighted by atomic mass is 79.9. The third kappa shape index (κ3) is 6.24. The zero-order valence-electron chi connectivity index (χ0n) is 17.4. The van der Waals surface area contributed by atoms with Crippen molar-refractivity contribution in [1.29, 1.82) is 0 Å². The fraction of sp³-hybridized carbons (Fsp3) is 0. The number of hydrogen-bond donors (Lipinski definition) is 0. The van der Waals surface area contributed by atoms with Crippen LogP contribution in [0.2, 0.25) is 0 Å². The Morgan fingerprint density at radius 3 is 1.03 bits per heavy atom. The molecule has 192 valence electrons. The third-order valence-electron chi connectivity index (χ3n) is 5.09. The van der Waals surface area contributed by atoms with Crippen molar-refractivity contribution in [3.05, 3.63) is 90.1 Å². The molecule has 0 spiro atoms. The molecule has 4 aromatic rings. The van der Waals surface area contributed by atoms with Gasteiger partial charge >= 0.3 is 0 Å². The van der Waals surface area contributed by atoms with Crippen LogP contribution in [-0.2, 0) is 0 Å². The van der Waals surface area contributed by atoms with Crippen LogP contribution in [0.4, 0.5) is 0 Å². The molecule has 0 aliphatic heterocycles. The Morgan fingerprint density at radius 2 is 0.676 bits per heavy atom. The van der Waals surface area contributed by atoms with Crippen LogP contribution in [0.5, 0.6) is 11.5 Å². The summed E-state index contributed by atoms with van der Waals surface area (Å²) in [5, 5.41) is 0. The molecule has 4 rings (SSSR count). The third-order valence-corrected chi connectivity index (χ3v) is 18.7. The van der Waals surface area contributed by atoms with E-state index >= 15 is 0 Å². The van der Waals surface area contributed by atoms with Gasteiger partial charge in [0.1, 0.15) is 0 Å². The molecular weight excluding hydrogens is 1260 g/mol. The lowest BCUT2D eigenvalue weighted by Gasteiger charge is -2.23. The maximum atomic E-state index is 6.91. The molecule has 0 fully saturated rings. The maximum absolute atomic E-state index is 6.91. The summed E-state index contributed by atoms with van der Waals surface area (Å²) in [7, 11) is 0. The second-order valence-electron chi connectivity index (χ2n) is 7.22. The summed E-state index contributed by atoms with van der Waals surface area (Å²) >= 11 is 44.8. The van der Waals surface area contributed by atoms with Crippen LogP contribution in [-0.4, -0.2) is 0 Å². The minimum Gasteiger partial charge on any atom is -0.454 e. The van der Waals surface area contributed by atoms with Gasteiger partial charge in [0.05, 0.1) is 17.9 Å². The fourth-order valence-electron chi connectivity index (χ4n) is 3.39. The van der Waals surface area contributed by atoms with Crippen molar-refractivity contribution in [2.24, 2.45) is 0 Å². The van der Waals surface area contributed by atoms with Gasteiger partial charge in [-0.3, -0.25) is 0 Å². The van der Waals surface area contributed by atoms with Crippen molar-refractivity contribution in [3.63, 3.8) is 0 Å². The average molecular weight is 1270 g/mol. The molecule has 0 amide bonds. The van der Waals surface area contributed by atoms with E-state index in [9.17, 15) is 0 Å². The summed E-state index contributed by atoms with van der Waals surface area (Å²) in [6.07, 6.45) is 0. The molecule has 0 aliphatic carbocycles. The molecule has 0 atom stereocenters. The van der Waals surface area contributed by atoms with E-state index in [1.165, 1.54) is 0 Å². The van der Waals surface area contributed by atoms with Gasteiger partial charge in [-0.15, -0.1) is 0 Å². The summed E-state index contributed by atoms with van der Waals surface area (Å²) in [6.45, 7) is 0. The molecule has 37 heavy (non-hydrogen) atoms. The first-order valence-electron chi connectivity index (χ1n) is 9.66. The topological polar surface area (TPSA) is 9.23 Å². The zero-order chi connectivity index (χ0) is 27.3. The Hall–Kier alpha value is 2.44. The Morgan fingerprint density at radius 1 is 0.351 bits per heavy atom. The van der Waals surface area contributed by atoms with Crippen LogP contribution in [0.3, 0.4) is 0 Å². The molecule has 0 N–H and O–H groups in total. The molecular formula is C24H6Br12O. The monoisotopic (exact) mass is 1260 g/mol. The summed E-state index contributed by atoms with van der Waals surface area (Å²) in [5.74, 6) is 1.21. The molecule has 0 heterocycles. The van der Waals surface area contributed by atoms with Gasteiger partial charge in [-0.05, 0) is 203 Å². The van der Waals surface area contributed by atoms with Crippen LogP contribution < -0.4 is 4.74 Å². The normalized spacial score (nSPS) is 11.2. The quantitative estimate of drug-likeness (QED) is 0.146. The van der Waals surface area contributed by atoms with Crippen LogP contribution >= 0.6 is 191 Å². The van der Waals surface area contributed by atoms with E-state index in [4.69, 9.17) is 4.74 Å². The minimum atomic E-state index is 0.606. The maximum Gasteiger partial charge on any atom is 0.151 e. The van der Waals surface area contributed by atoms with Gasteiger partial charge in [-0.1, -0.05) is 24.3 Å². The highest BCUT2D eigenvalue weighted by molar-refractivity contribution is 9.16. The Balaban J connectivity index is 2.12. The van der Waals surface area contributed by atoms with Gasteiger partial charge in [0.15, 0.2) is 11.5 Å². The fourth-order valence-corrected chi connectivity index (χ4v) is 9.80. The van der Waals surface area contributed by atoms with Gasteiger partial charge in [0.25, 0.3) is 0 Å². The van der Waals surface area contributed by atoms with Crippen LogP contribution in [0.25, 0.3) is 22.3 Å². The Kier molecular flexibility index (Phi) is 11.7. The van der Waals surface area contributed by atoms with Gasteiger partial charge in [0, 0.05) is 58.0 Å². The van der Waals surface area contributed by atoms with E-state index < -0.39 is 0 Å². The standard InChI is InChI=1S/C24H6Br12O/c25-9-5-1-3-7(13(9)27)11-15(29)17(31)19(33)21(35)23(11)37-24-12(8-4-2-6-10(26)14(8)28)16(30)18(32)20(34)22(24)36/h1-6H. The Bertz CT molecular complexity index is 1460. The SMILES string of the molecule is Brc1cccc(-c2c(Br)c(Br)c(Br)c(Br)c2Oc2c(Br)c(Br)c(Br)c(Br)c2-c2cccc(Br)c2Br)c1Br. The summed E-state index contributed by atoms with van der Waals surface area (Å²) in [5.41, 5.74) is 3.55. The number of hydrogen-bond acceptors (Lipinski definition) is 1. The van der Waals surface area contributed by atoms with Gasteiger partial charge in [-0.25, -0.2) is 0 Å². The van der Waals surface area contributed by atoms with Crippen molar-refractivity contribution in [1.82, 2.24) is 0 Å². The number of halogens is 12. The predicted molar refractivity (Wildman–Crippen MR) is 196 cm³/mol. The largest absolute Gasteiger partial charge is 0.454 e. The van der Waals surface area contributed by atoms with Crippen LogP contribution in [0, 0.1) is 0 Å².